The zero-order valence-electron chi connectivity index (χ0n) is 8.44. The predicted octanol–water partition coefficient (Wildman–Crippen LogP) is 4.80. The smallest absolute Gasteiger partial charge is 0.136 e. The Morgan fingerprint density at radius 2 is 1.75 bits per heavy atom. The molecule has 0 radical (unpaired) electrons. The third kappa shape index (κ3) is 0.947. The molecule has 4 aromatic rings. The van der Waals surface area contributed by atoms with Gasteiger partial charge in [-0.2, -0.15) is 11.3 Å². The molecule has 2 heterocycles. The molecule has 0 aliphatic rings. The van der Waals surface area contributed by atoms with Crippen LogP contribution in [0.25, 0.3) is 32.7 Å². The second kappa shape index (κ2) is 2.86. The Kier molecular flexibility index (Phi) is 1.50. The molecule has 76 valence electrons. The van der Waals surface area contributed by atoms with Crippen molar-refractivity contribution >= 4 is 44.0 Å². The number of furan rings is 1. The predicted molar refractivity (Wildman–Crippen MR) is 69.1 cm³/mol. The average molecular weight is 224 g/mol. The lowest BCUT2D eigenvalue weighted by atomic mass is 10.1. The van der Waals surface area contributed by atoms with Crippen LogP contribution in [0, 0.1) is 0 Å². The number of para-hydroxylation sites is 1. The summed E-state index contributed by atoms with van der Waals surface area (Å²) in [6.45, 7) is 0. The van der Waals surface area contributed by atoms with Crippen LogP contribution >= 0.6 is 11.3 Å². The van der Waals surface area contributed by atoms with E-state index in [4.69, 9.17) is 4.42 Å². The van der Waals surface area contributed by atoms with Crippen molar-refractivity contribution in [2.75, 3.05) is 0 Å². The summed E-state index contributed by atoms with van der Waals surface area (Å²) in [7, 11) is 0. The van der Waals surface area contributed by atoms with Crippen LogP contribution in [0.5, 0.6) is 0 Å². The van der Waals surface area contributed by atoms with E-state index in [-0.39, 0.29) is 0 Å². The lowest BCUT2D eigenvalue weighted by Gasteiger charge is -1.91. The third-order valence-electron chi connectivity index (χ3n) is 3.00. The van der Waals surface area contributed by atoms with E-state index < -0.39 is 0 Å². The van der Waals surface area contributed by atoms with Crippen LogP contribution in [-0.2, 0) is 0 Å². The third-order valence-corrected chi connectivity index (χ3v) is 3.76. The zero-order valence-corrected chi connectivity index (χ0v) is 9.25. The molecular formula is C14H8OS. The molecule has 0 unspecified atom stereocenters. The van der Waals surface area contributed by atoms with Crippen LogP contribution in [0.3, 0.4) is 0 Å². The summed E-state index contributed by atoms with van der Waals surface area (Å²) in [5, 5.41) is 9.42. The maximum Gasteiger partial charge on any atom is 0.136 e. The monoisotopic (exact) mass is 224 g/mol. The number of thiophene rings is 1. The molecule has 0 aliphatic heterocycles. The Hall–Kier alpha value is -1.80. The van der Waals surface area contributed by atoms with Crippen molar-refractivity contribution in [2.45, 2.75) is 0 Å². The Bertz CT molecular complexity index is 807. The van der Waals surface area contributed by atoms with Gasteiger partial charge in [0.15, 0.2) is 0 Å². The molecule has 0 saturated heterocycles. The van der Waals surface area contributed by atoms with Gasteiger partial charge in [-0.3, -0.25) is 0 Å². The molecule has 0 atom stereocenters. The van der Waals surface area contributed by atoms with E-state index in [9.17, 15) is 0 Å². The van der Waals surface area contributed by atoms with Crippen LogP contribution in [0.4, 0.5) is 0 Å². The molecule has 0 N–H and O–H groups in total. The van der Waals surface area contributed by atoms with E-state index >= 15 is 0 Å². The minimum absolute atomic E-state index is 0.969. The van der Waals surface area contributed by atoms with Crippen molar-refractivity contribution in [1.29, 1.82) is 0 Å². The summed E-state index contributed by atoms with van der Waals surface area (Å²) in [6, 6.07) is 12.4. The Morgan fingerprint density at radius 3 is 2.75 bits per heavy atom. The van der Waals surface area contributed by atoms with Gasteiger partial charge in [-0.1, -0.05) is 18.2 Å². The minimum Gasteiger partial charge on any atom is -0.456 e. The van der Waals surface area contributed by atoms with E-state index in [0.717, 1.165) is 11.2 Å². The minimum atomic E-state index is 0.969. The van der Waals surface area contributed by atoms with Gasteiger partial charge in [-0.15, -0.1) is 0 Å². The largest absolute Gasteiger partial charge is 0.456 e. The molecule has 2 aromatic heterocycles. The highest BCUT2D eigenvalue weighted by molar-refractivity contribution is 7.09. The fourth-order valence-corrected chi connectivity index (χ4v) is 3.07. The highest BCUT2D eigenvalue weighted by atomic mass is 32.1. The van der Waals surface area contributed by atoms with Gasteiger partial charge in [0, 0.05) is 16.2 Å². The number of hydrogen-bond acceptors (Lipinski definition) is 2. The topological polar surface area (TPSA) is 13.1 Å². The van der Waals surface area contributed by atoms with E-state index in [0.29, 0.717) is 0 Å². The first-order valence-electron chi connectivity index (χ1n) is 5.20. The molecule has 2 heteroatoms. The Morgan fingerprint density at radius 1 is 0.812 bits per heavy atom. The van der Waals surface area contributed by atoms with Crippen molar-refractivity contribution in [2.24, 2.45) is 0 Å². The van der Waals surface area contributed by atoms with Crippen LogP contribution in [-0.4, -0.2) is 0 Å². The highest BCUT2D eigenvalue weighted by Gasteiger charge is 2.09. The molecule has 0 bridgehead atoms. The van der Waals surface area contributed by atoms with Gasteiger partial charge < -0.3 is 4.42 Å². The van der Waals surface area contributed by atoms with Crippen molar-refractivity contribution in [1.82, 2.24) is 0 Å². The van der Waals surface area contributed by atoms with Crippen LogP contribution in [0.2, 0.25) is 0 Å². The van der Waals surface area contributed by atoms with Crippen LogP contribution in [0.1, 0.15) is 0 Å². The summed E-state index contributed by atoms with van der Waals surface area (Å²) in [6.07, 6.45) is 0. The van der Waals surface area contributed by atoms with Crippen molar-refractivity contribution in [3.8, 4) is 0 Å². The van der Waals surface area contributed by atoms with Crippen molar-refractivity contribution in [3.05, 3.63) is 47.2 Å². The number of rotatable bonds is 0. The zero-order chi connectivity index (χ0) is 10.5. The number of fused-ring (bicyclic) bond motifs is 5. The number of benzene rings is 2. The second-order valence-electron chi connectivity index (χ2n) is 3.91. The van der Waals surface area contributed by atoms with Gasteiger partial charge in [-0.05, 0) is 34.3 Å². The molecule has 0 saturated carbocycles. The highest BCUT2D eigenvalue weighted by Crippen LogP contribution is 2.35. The maximum atomic E-state index is 5.83. The first kappa shape index (κ1) is 8.36. The fraction of sp³-hybridized carbons (Fsp3) is 0. The molecular weight excluding hydrogens is 216 g/mol. The Labute approximate surface area is 95.9 Å². The Balaban J connectivity index is 2.42. The summed E-state index contributed by atoms with van der Waals surface area (Å²) in [4.78, 5) is 0. The summed E-state index contributed by atoms with van der Waals surface area (Å²) in [5.74, 6) is 0. The molecule has 2 aromatic carbocycles. The van der Waals surface area contributed by atoms with Gasteiger partial charge in [0.2, 0.25) is 0 Å². The van der Waals surface area contributed by atoms with Crippen molar-refractivity contribution < 1.29 is 4.42 Å². The molecule has 4 rings (SSSR count). The number of hydrogen-bond donors (Lipinski definition) is 0. The molecule has 16 heavy (non-hydrogen) atoms. The molecule has 0 spiro atoms. The first-order valence-corrected chi connectivity index (χ1v) is 6.14. The van der Waals surface area contributed by atoms with Crippen LogP contribution < -0.4 is 0 Å². The quantitative estimate of drug-likeness (QED) is 0.418. The molecule has 0 fully saturated rings. The fourth-order valence-electron chi connectivity index (χ4n) is 2.26. The lowest BCUT2D eigenvalue weighted by Crippen LogP contribution is -1.67. The summed E-state index contributed by atoms with van der Waals surface area (Å²) in [5.41, 5.74) is 1.95. The molecule has 1 nitrogen and oxygen atoms in total. The van der Waals surface area contributed by atoms with Gasteiger partial charge in [0.1, 0.15) is 11.2 Å². The normalized spacial score (nSPS) is 11.8. The van der Waals surface area contributed by atoms with Gasteiger partial charge in [0.05, 0.1) is 0 Å². The standard InChI is InChI=1S/C14H8OS/c1-2-4-12-10(3-1)14-11-8-16-7-9(11)5-6-13(14)15-12/h1-8H. The lowest BCUT2D eigenvalue weighted by molar-refractivity contribution is 0.669. The summed E-state index contributed by atoms with van der Waals surface area (Å²) >= 11 is 1.74. The molecule has 0 aliphatic carbocycles. The second-order valence-corrected chi connectivity index (χ2v) is 4.66. The average Bonchev–Trinajstić information content (AvgIpc) is 2.91. The van der Waals surface area contributed by atoms with Gasteiger partial charge >= 0.3 is 0 Å². The first-order chi connectivity index (χ1) is 7.93. The maximum absolute atomic E-state index is 5.83. The van der Waals surface area contributed by atoms with Crippen molar-refractivity contribution in [3.63, 3.8) is 0 Å². The van der Waals surface area contributed by atoms with E-state index in [1.807, 2.05) is 12.1 Å². The van der Waals surface area contributed by atoms with E-state index in [2.05, 4.69) is 35.0 Å². The van der Waals surface area contributed by atoms with Gasteiger partial charge in [0.25, 0.3) is 0 Å². The van der Waals surface area contributed by atoms with Crippen LogP contribution in [0.15, 0.2) is 51.6 Å². The van der Waals surface area contributed by atoms with E-state index in [1.54, 1.807) is 11.3 Å². The van der Waals surface area contributed by atoms with E-state index in [1.165, 1.54) is 21.5 Å². The molecule has 0 amide bonds. The SMILES string of the molecule is c1ccc2c(c1)oc1ccc3cscc3c12. The van der Waals surface area contributed by atoms with Gasteiger partial charge in [-0.25, -0.2) is 0 Å². The summed E-state index contributed by atoms with van der Waals surface area (Å²) < 4.78 is 5.83.